The van der Waals surface area contributed by atoms with Gasteiger partial charge >= 0.3 is 5.97 Å². The lowest BCUT2D eigenvalue weighted by Gasteiger charge is -2.07. The Kier molecular flexibility index (Phi) is 8.22. The second kappa shape index (κ2) is 9.43. The maximum absolute atomic E-state index is 11.9. The fourth-order valence-corrected chi connectivity index (χ4v) is 2.41. The first kappa shape index (κ1) is 16.6. The molecule has 1 aromatic carbocycles. The zero-order valence-corrected chi connectivity index (χ0v) is 13.8. The van der Waals surface area contributed by atoms with Crippen LogP contribution in [0.1, 0.15) is 55.8 Å². The van der Waals surface area contributed by atoms with Crippen molar-refractivity contribution in [1.29, 1.82) is 0 Å². The molecule has 0 aliphatic heterocycles. The van der Waals surface area contributed by atoms with Crippen molar-refractivity contribution in [3.05, 3.63) is 28.2 Å². The summed E-state index contributed by atoms with van der Waals surface area (Å²) in [6.45, 7) is 2.70. The molecule has 0 N–H and O–H groups in total. The molecule has 0 atom stereocenters. The molecule has 0 unspecified atom stereocenters. The Hall–Kier alpha value is -0.480. The Balaban J connectivity index is 2.26. The van der Waals surface area contributed by atoms with E-state index in [1.807, 2.05) is 12.1 Å². The number of thiol groups is 1. The first-order chi connectivity index (χ1) is 9.15. The largest absolute Gasteiger partial charge is 0.462 e. The van der Waals surface area contributed by atoms with Crippen LogP contribution in [-0.4, -0.2) is 12.6 Å². The van der Waals surface area contributed by atoms with Crippen molar-refractivity contribution in [2.45, 2.75) is 50.3 Å². The SMILES string of the molecule is CCCCCCCCOC(=O)c1cc(S)ccc1Br. The van der Waals surface area contributed by atoms with Crippen molar-refractivity contribution in [1.82, 2.24) is 0 Å². The minimum Gasteiger partial charge on any atom is -0.462 e. The van der Waals surface area contributed by atoms with Crippen molar-refractivity contribution in [2.75, 3.05) is 6.61 Å². The van der Waals surface area contributed by atoms with E-state index in [2.05, 4.69) is 35.5 Å². The van der Waals surface area contributed by atoms with E-state index in [1.165, 1.54) is 25.7 Å². The summed E-state index contributed by atoms with van der Waals surface area (Å²) in [4.78, 5) is 12.6. The van der Waals surface area contributed by atoms with Gasteiger partial charge in [0.25, 0.3) is 0 Å². The summed E-state index contributed by atoms with van der Waals surface area (Å²) in [6.07, 6.45) is 7.11. The van der Waals surface area contributed by atoms with Crippen LogP contribution in [0, 0.1) is 0 Å². The first-order valence-corrected chi connectivity index (χ1v) is 8.04. The molecule has 2 nitrogen and oxygen atoms in total. The summed E-state index contributed by atoms with van der Waals surface area (Å²) in [6, 6.07) is 5.36. The van der Waals surface area contributed by atoms with Crippen molar-refractivity contribution >= 4 is 34.5 Å². The lowest BCUT2D eigenvalue weighted by atomic mass is 10.1. The molecule has 0 bridgehead atoms. The number of hydrogen-bond donors (Lipinski definition) is 1. The predicted molar refractivity (Wildman–Crippen MR) is 85.1 cm³/mol. The van der Waals surface area contributed by atoms with E-state index in [0.29, 0.717) is 12.2 Å². The van der Waals surface area contributed by atoms with Gasteiger partial charge in [-0.1, -0.05) is 39.0 Å². The molecule has 0 saturated heterocycles. The van der Waals surface area contributed by atoms with Crippen molar-refractivity contribution in [2.24, 2.45) is 0 Å². The van der Waals surface area contributed by atoms with Crippen LogP contribution in [-0.2, 0) is 4.74 Å². The average molecular weight is 345 g/mol. The second-order valence-electron chi connectivity index (χ2n) is 4.57. The summed E-state index contributed by atoms with van der Waals surface area (Å²) in [7, 11) is 0. The molecule has 0 heterocycles. The molecule has 0 saturated carbocycles. The maximum atomic E-state index is 11.9. The molecule has 0 spiro atoms. The lowest BCUT2D eigenvalue weighted by molar-refractivity contribution is 0.0496. The van der Waals surface area contributed by atoms with Crippen LogP contribution in [0.15, 0.2) is 27.6 Å². The third kappa shape index (κ3) is 6.48. The summed E-state index contributed by atoms with van der Waals surface area (Å²) in [5.41, 5.74) is 0.540. The molecule has 4 heteroatoms. The fourth-order valence-electron chi connectivity index (χ4n) is 1.79. The molecule has 106 valence electrons. The molecule has 0 aromatic heterocycles. The monoisotopic (exact) mass is 344 g/mol. The van der Waals surface area contributed by atoms with Crippen LogP contribution in [0.2, 0.25) is 0 Å². The Labute approximate surface area is 129 Å². The van der Waals surface area contributed by atoms with Gasteiger partial charge in [0.1, 0.15) is 0 Å². The number of ether oxygens (including phenoxy) is 1. The van der Waals surface area contributed by atoms with E-state index < -0.39 is 0 Å². The van der Waals surface area contributed by atoms with E-state index in [0.717, 1.165) is 22.2 Å². The molecule has 1 aromatic rings. The van der Waals surface area contributed by atoms with Crippen molar-refractivity contribution < 1.29 is 9.53 Å². The van der Waals surface area contributed by atoms with Crippen LogP contribution >= 0.6 is 28.6 Å². The average Bonchev–Trinajstić information content (AvgIpc) is 2.40. The van der Waals surface area contributed by atoms with Crippen LogP contribution in [0.4, 0.5) is 0 Å². The first-order valence-electron chi connectivity index (χ1n) is 6.80. The highest BCUT2D eigenvalue weighted by molar-refractivity contribution is 9.10. The third-order valence-corrected chi connectivity index (χ3v) is 3.87. The number of hydrogen-bond acceptors (Lipinski definition) is 3. The van der Waals surface area contributed by atoms with Crippen LogP contribution in [0.25, 0.3) is 0 Å². The summed E-state index contributed by atoms with van der Waals surface area (Å²) in [5.74, 6) is -0.281. The third-order valence-electron chi connectivity index (χ3n) is 2.90. The highest BCUT2D eigenvalue weighted by atomic mass is 79.9. The van der Waals surface area contributed by atoms with Gasteiger partial charge in [0, 0.05) is 9.37 Å². The zero-order valence-electron chi connectivity index (χ0n) is 11.3. The molecule has 0 amide bonds. The lowest BCUT2D eigenvalue weighted by Crippen LogP contribution is -2.07. The number of carbonyl (C=O) groups is 1. The smallest absolute Gasteiger partial charge is 0.339 e. The van der Waals surface area contributed by atoms with E-state index >= 15 is 0 Å². The highest BCUT2D eigenvalue weighted by Gasteiger charge is 2.11. The molecular weight excluding hydrogens is 324 g/mol. The minimum absolute atomic E-state index is 0.281. The van der Waals surface area contributed by atoms with Gasteiger partial charge in [0.05, 0.1) is 12.2 Å². The van der Waals surface area contributed by atoms with Crippen LogP contribution in [0.5, 0.6) is 0 Å². The van der Waals surface area contributed by atoms with E-state index in [-0.39, 0.29) is 5.97 Å². The second-order valence-corrected chi connectivity index (χ2v) is 5.94. The van der Waals surface area contributed by atoms with Gasteiger partial charge in [-0.05, 0) is 40.5 Å². The molecule has 0 fully saturated rings. The topological polar surface area (TPSA) is 26.3 Å². The highest BCUT2D eigenvalue weighted by Crippen LogP contribution is 2.21. The Bertz CT molecular complexity index is 407. The quantitative estimate of drug-likeness (QED) is 0.395. The van der Waals surface area contributed by atoms with Crippen molar-refractivity contribution in [3.63, 3.8) is 0 Å². The Morgan fingerprint density at radius 3 is 2.63 bits per heavy atom. The Morgan fingerprint density at radius 2 is 1.89 bits per heavy atom. The predicted octanol–water partition coefficient (Wildman–Crippen LogP) is 5.26. The molecule has 0 radical (unpaired) electrons. The number of halogens is 1. The van der Waals surface area contributed by atoms with Crippen LogP contribution < -0.4 is 0 Å². The van der Waals surface area contributed by atoms with Gasteiger partial charge in [0.2, 0.25) is 0 Å². The van der Waals surface area contributed by atoms with Crippen LogP contribution in [0.3, 0.4) is 0 Å². The standard InChI is InChI=1S/C15H21BrO2S/c1-2-3-4-5-6-7-10-18-15(17)13-11-12(19)8-9-14(13)16/h8-9,11,19H,2-7,10H2,1H3. The number of esters is 1. The Morgan fingerprint density at radius 1 is 1.21 bits per heavy atom. The molecule has 1 rings (SSSR count). The maximum Gasteiger partial charge on any atom is 0.339 e. The minimum atomic E-state index is -0.281. The van der Waals surface area contributed by atoms with Gasteiger partial charge in [-0.15, -0.1) is 12.6 Å². The van der Waals surface area contributed by atoms with Gasteiger partial charge in [-0.3, -0.25) is 0 Å². The number of benzene rings is 1. The summed E-state index contributed by atoms with van der Waals surface area (Å²) >= 11 is 7.57. The van der Waals surface area contributed by atoms with E-state index in [4.69, 9.17) is 4.74 Å². The number of rotatable bonds is 8. The zero-order chi connectivity index (χ0) is 14.1. The van der Waals surface area contributed by atoms with Gasteiger partial charge in [-0.2, -0.15) is 0 Å². The van der Waals surface area contributed by atoms with Gasteiger partial charge < -0.3 is 4.74 Å². The van der Waals surface area contributed by atoms with E-state index in [9.17, 15) is 4.79 Å². The van der Waals surface area contributed by atoms with Gasteiger partial charge in [0.15, 0.2) is 0 Å². The number of unbranched alkanes of at least 4 members (excludes halogenated alkanes) is 5. The molecular formula is C15H21BrO2S. The van der Waals surface area contributed by atoms with Gasteiger partial charge in [-0.25, -0.2) is 4.79 Å². The fraction of sp³-hybridized carbons (Fsp3) is 0.533. The normalized spacial score (nSPS) is 10.5. The molecule has 19 heavy (non-hydrogen) atoms. The molecule has 0 aliphatic carbocycles. The summed E-state index contributed by atoms with van der Waals surface area (Å²) < 4.78 is 6.02. The van der Waals surface area contributed by atoms with E-state index in [1.54, 1.807) is 6.07 Å². The molecule has 0 aliphatic rings. The summed E-state index contributed by atoms with van der Waals surface area (Å²) in [5, 5.41) is 0. The van der Waals surface area contributed by atoms with Crippen molar-refractivity contribution in [3.8, 4) is 0 Å². The number of carbonyl (C=O) groups excluding carboxylic acids is 1.